The summed E-state index contributed by atoms with van der Waals surface area (Å²) in [4.78, 5) is 29.6. The van der Waals surface area contributed by atoms with Crippen molar-refractivity contribution in [3.8, 4) is 17.0 Å². The van der Waals surface area contributed by atoms with E-state index < -0.39 is 11.8 Å². The summed E-state index contributed by atoms with van der Waals surface area (Å²) >= 11 is 0. The predicted molar refractivity (Wildman–Crippen MR) is 107 cm³/mol. The molecule has 0 atom stereocenters. The number of benzene rings is 1. The zero-order valence-corrected chi connectivity index (χ0v) is 16.4. The summed E-state index contributed by atoms with van der Waals surface area (Å²) in [5, 5.41) is 14.1. The molecule has 1 aromatic carbocycles. The van der Waals surface area contributed by atoms with Crippen LogP contribution in [0.15, 0.2) is 45.3 Å². The molecule has 9 heteroatoms. The lowest BCUT2D eigenvalue weighted by molar-refractivity contribution is 0.0846. The summed E-state index contributed by atoms with van der Waals surface area (Å²) in [6.45, 7) is 5.31. The molecule has 30 heavy (non-hydrogen) atoms. The van der Waals surface area contributed by atoms with Gasteiger partial charge in [0.25, 0.3) is 17.5 Å². The summed E-state index contributed by atoms with van der Waals surface area (Å²) < 4.78 is 10.8. The molecule has 3 heterocycles. The van der Waals surface area contributed by atoms with Gasteiger partial charge in [0.05, 0.1) is 27.9 Å². The van der Waals surface area contributed by atoms with Crippen molar-refractivity contribution in [2.24, 2.45) is 0 Å². The predicted octanol–water partition coefficient (Wildman–Crippen LogP) is 3.19. The summed E-state index contributed by atoms with van der Waals surface area (Å²) in [5.41, 5.74) is 6.80. The number of phenols is 1. The Labute approximate surface area is 170 Å². The van der Waals surface area contributed by atoms with E-state index in [2.05, 4.69) is 21.0 Å². The number of nitrogens with zero attached hydrogens (tertiary/aromatic N) is 2. The molecule has 0 unspecified atom stereocenters. The van der Waals surface area contributed by atoms with E-state index in [1.165, 1.54) is 12.1 Å². The van der Waals surface area contributed by atoms with Gasteiger partial charge in [-0.15, -0.1) is 0 Å². The molecule has 3 aromatic heterocycles. The van der Waals surface area contributed by atoms with Crippen LogP contribution in [0.5, 0.6) is 5.75 Å². The average Bonchev–Trinajstić information content (AvgIpc) is 3.27. The Balaban J connectivity index is 1.68. The molecular formula is C21H18N4O5. The third-order valence-corrected chi connectivity index (χ3v) is 4.62. The molecule has 0 saturated heterocycles. The average molecular weight is 406 g/mol. The third-order valence-electron chi connectivity index (χ3n) is 4.62. The SMILES string of the molecule is Cc1cc(-c2cc(C(=O)NNC(=O)c3ccccc3O)c3c(C)noc3n2)c(C)o1. The first-order valence-corrected chi connectivity index (χ1v) is 9.08. The molecule has 3 N–H and O–H groups in total. The molecule has 2 amide bonds. The van der Waals surface area contributed by atoms with Crippen molar-refractivity contribution in [3.05, 3.63) is 64.7 Å². The number of aromatic nitrogens is 2. The molecule has 0 aliphatic heterocycles. The molecule has 0 saturated carbocycles. The van der Waals surface area contributed by atoms with Crippen LogP contribution in [0, 0.1) is 20.8 Å². The summed E-state index contributed by atoms with van der Waals surface area (Å²) in [6.07, 6.45) is 0. The number of rotatable bonds is 3. The van der Waals surface area contributed by atoms with Gasteiger partial charge in [0.1, 0.15) is 17.3 Å². The van der Waals surface area contributed by atoms with Crippen LogP contribution in [0.2, 0.25) is 0 Å². The van der Waals surface area contributed by atoms with Gasteiger partial charge in [-0.25, -0.2) is 4.98 Å². The fourth-order valence-corrected chi connectivity index (χ4v) is 3.21. The highest BCUT2D eigenvalue weighted by Crippen LogP contribution is 2.30. The molecule has 0 radical (unpaired) electrons. The highest BCUT2D eigenvalue weighted by atomic mass is 16.5. The molecule has 0 bridgehead atoms. The number of nitrogens with one attached hydrogen (secondary N) is 2. The van der Waals surface area contributed by atoms with E-state index in [0.29, 0.717) is 28.3 Å². The number of hydrogen-bond acceptors (Lipinski definition) is 7. The quantitative estimate of drug-likeness (QED) is 0.445. The number of para-hydroxylation sites is 1. The smallest absolute Gasteiger partial charge is 0.273 e. The summed E-state index contributed by atoms with van der Waals surface area (Å²) in [5.74, 6) is -0.0840. The zero-order chi connectivity index (χ0) is 21.4. The van der Waals surface area contributed by atoms with Crippen LogP contribution in [0.4, 0.5) is 0 Å². The number of carbonyl (C=O) groups is 2. The van der Waals surface area contributed by atoms with E-state index in [4.69, 9.17) is 8.94 Å². The van der Waals surface area contributed by atoms with E-state index >= 15 is 0 Å². The van der Waals surface area contributed by atoms with Crippen molar-refractivity contribution >= 4 is 22.9 Å². The van der Waals surface area contributed by atoms with Crippen molar-refractivity contribution < 1.29 is 23.6 Å². The number of phenolic OH excluding ortho intramolecular Hbond substituents is 1. The highest BCUT2D eigenvalue weighted by molar-refractivity contribution is 6.08. The van der Waals surface area contributed by atoms with Crippen LogP contribution in [0.1, 0.15) is 37.9 Å². The van der Waals surface area contributed by atoms with Crippen molar-refractivity contribution in [2.45, 2.75) is 20.8 Å². The molecule has 0 aliphatic carbocycles. The van der Waals surface area contributed by atoms with Crippen molar-refractivity contribution in [3.63, 3.8) is 0 Å². The number of fused-ring (bicyclic) bond motifs is 1. The van der Waals surface area contributed by atoms with Crippen molar-refractivity contribution in [1.29, 1.82) is 0 Å². The Morgan fingerprint density at radius 1 is 1.00 bits per heavy atom. The maximum absolute atomic E-state index is 12.9. The Bertz CT molecular complexity index is 1290. The largest absolute Gasteiger partial charge is 0.507 e. The number of hydrogen-bond donors (Lipinski definition) is 3. The van der Waals surface area contributed by atoms with Crippen LogP contribution < -0.4 is 10.9 Å². The molecule has 9 nitrogen and oxygen atoms in total. The molecular weight excluding hydrogens is 388 g/mol. The first kappa shape index (κ1) is 19.2. The van der Waals surface area contributed by atoms with Gasteiger partial charge in [-0.3, -0.25) is 20.4 Å². The van der Waals surface area contributed by atoms with Gasteiger partial charge in [0.2, 0.25) is 0 Å². The van der Waals surface area contributed by atoms with Crippen molar-refractivity contribution in [2.75, 3.05) is 0 Å². The number of pyridine rings is 1. The van der Waals surface area contributed by atoms with Gasteiger partial charge in [0, 0.05) is 5.56 Å². The number of carbonyl (C=O) groups excluding carboxylic acids is 2. The Hall–Kier alpha value is -4.14. The Morgan fingerprint density at radius 3 is 2.37 bits per heavy atom. The monoisotopic (exact) mass is 406 g/mol. The van der Waals surface area contributed by atoms with Gasteiger partial charge < -0.3 is 14.0 Å². The fraction of sp³-hybridized carbons (Fsp3) is 0.143. The van der Waals surface area contributed by atoms with Gasteiger partial charge in [-0.2, -0.15) is 0 Å². The second kappa shape index (κ2) is 7.36. The molecule has 0 spiro atoms. The van der Waals surface area contributed by atoms with E-state index in [0.717, 1.165) is 5.56 Å². The number of aryl methyl sites for hydroxylation is 3. The van der Waals surface area contributed by atoms with Gasteiger partial charge in [-0.1, -0.05) is 17.3 Å². The number of aromatic hydroxyl groups is 1. The highest BCUT2D eigenvalue weighted by Gasteiger charge is 2.21. The minimum absolute atomic E-state index is 0.0315. The fourth-order valence-electron chi connectivity index (χ4n) is 3.21. The van der Waals surface area contributed by atoms with E-state index in [1.807, 2.05) is 13.0 Å². The van der Waals surface area contributed by atoms with Crippen LogP contribution in [-0.2, 0) is 0 Å². The lowest BCUT2D eigenvalue weighted by Crippen LogP contribution is -2.41. The lowest BCUT2D eigenvalue weighted by Gasteiger charge is -2.10. The van der Waals surface area contributed by atoms with Gasteiger partial charge >= 0.3 is 0 Å². The zero-order valence-electron chi connectivity index (χ0n) is 16.4. The molecule has 152 valence electrons. The van der Waals surface area contributed by atoms with Crippen LogP contribution in [-0.4, -0.2) is 27.1 Å². The first-order valence-electron chi connectivity index (χ1n) is 9.08. The van der Waals surface area contributed by atoms with E-state index in [-0.39, 0.29) is 22.6 Å². The third kappa shape index (κ3) is 3.37. The molecule has 0 aliphatic rings. The number of furan rings is 1. The summed E-state index contributed by atoms with van der Waals surface area (Å²) in [7, 11) is 0. The number of amides is 2. The first-order chi connectivity index (χ1) is 14.3. The van der Waals surface area contributed by atoms with Crippen LogP contribution >= 0.6 is 0 Å². The Morgan fingerprint density at radius 2 is 1.70 bits per heavy atom. The minimum atomic E-state index is -0.657. The van der Waals surface area contributed by atoms with Crippen LogP contribution in [0.3, 0.4) is 0 Å². The lowest BCUT2D eigenvalue weighted by atomic mass is 10.1. The topological polar surface area (TPSA) is 130 Å². The maximum atomic E-state index is 12.9. The number of hydrazine groups is 1. The second-order valence-electron chi connectivity index (χ2n) is 6.76. The molecule has 4 aromatic rings. The maximum Gasteiger partial charge on any atom is 0.273 e. The van der Waals surface area contributed by atoms with E-state index in [9.17, 15) is 14.7 Å². The summed E-state index contributed by atoms with van der Waals surface area (Å²) in [6, 6.07) is 9.41. The second-order valence-corrected chi connectivity index (χ2v) is 6.76. The van der Waals surface area contributed by atoms with Crippen molar-refractivity contribution in [1.82, 2.24) is 21.0 Å². The standard InChI is InChI=1S/C21H18N4O5/c1-10-8-14(12(3)29-10)16-9-15(18-11(2)25-30-21(18)22-16)20(28)24-23-19(27)13-6-4-5-7-17(13)26/h4-9,26H,1-3H3,(H,23,27)(H,24,28). The van der Waals surface area contributed by atoms with Crippen LogP contribution in [0.25, 0.3) is 22.4 Å². The molecule has 0 fully saturated rings. The molecule has 4 rings (SSSR count). The van der Waals surface area contributed by atoms with E-state index in [1.54, 1.807) is 32.0 Å². The minimum Gasteiger partial charge on any atom is -0.507 e. The van der Waals surface area contributed by atoms with Gasteiger partial charge in [0.15, 0.2) is 0 Å². The normalized spacial score (nSPS) is 10.9. The van der Waals surface area contributed by atoms with Gasteiger partial charge in [-0.05, 0) is 45.0 Å². The Kier molecular flexibility index (Phi) is 4.71.